The summed E-state index contributed by atoms with van der Waals surface area (Å²) in [4.78, 5) is 14.7. The predicted octanol–water partition coefficient (Wildman–Crippen LogP) is 1.54. The number of hydrogen-bond donors (Lipinski definition) is 1. The summed E-state index contributed by atoms with van der Waals surface area (Å²) in [6.45, 7) is 4.22. The molecule has 1 aliphatic carbocycles. The van der Waals surface area contributed by atoms with Crippen LogP contribution in [0.1, 0.15) is 45.4 Å². The van der Waals surface area contributed by atoms with E-state index in [2.05, 4.69) is 12.2 Å². The molecule has 1 saturated carbocycles. The number of rotatable bonds is 1. The van der Waals surface area contributed by atoms with E-state index in [1.165, 1.54) is 32.1 Å². The molecule has 0 radical (unpaired) electrons. The van der Waals surface area contributed by atoms with Gasteiger partial charge < -0.3 is 15.0 Å². The van der Waals surface area contributed by atoms with E-state index in [0.717, 1.165) is 18.9 Å². The summed E-state index contributed by atoms with van der Waals surface area (Å²) in [7, 11) is 0. The first-order chi connectivity index (χ1) is 9.25. The molecule has 2 heterocycles. The Morgan fingerprint density at radius 2 is 2.05 bits per heavy atom. The van der Waals surface area contributed by atoms with Crippen molar-refractivity contribution in [1.29, 1.82) is 0 Å². The predicted molar refractivity (Wildman–Crippen MR) is 73.9 cm³/mol. The Balaban J connectivity index is 1.60. The van der Waals surface area contributed by atoms with Gasteiger partial charge in [0.15, 0.2) is 0 Å². The number of hydrogen-bond acceptors (Lipinski definition) is 3. The molecule has 4 unspecified atom stereocenters. The highest BCUT2D eigenvalue weighted by molar-refractivity contribution is 5.82. The molecular weight excluding hydrogens is 240 g/mol. The van der Waals surface area contributed by atoms with Crippen molar-refractivity contribution >= 4 is 5.91 Å². The van der Waals surface area contributed by atoms with Crippen LogP contribution in [-0.2, 0) is 9.53 Å². The van der Waals surface area contributed by atoms with Crippen LogP contribution in [0.15, 0.2) is 0 Å². The van der Waals surface area contributed by atoms with Crippen LogP contribution in [0.25, 0.3) is 0 Å². The summed E-state index contributed by atoms with van der Waals surface area (Å²) in [6.07, 6.45) is 7.56. The minimum Gasteiger partial charge on any atom is -0.377 e. The molecule has 0 aromatic rings. The van der Waals surface area contributed by atoms with E-state index in [1.54, 1.807) is 0 Å². The van der Waals surface area contributed by atoms with Crippen LogP contribution in [0, 0.1) is 5.92 Å². The van der Waals surface area contributed by atoms with Crippen LogP contribution in [0.5, 0.6) is 0 Å². The Labute approximate surface area is 115 Å². The number of carbonyl (C=O) groups excluding carboxylic acids is 1. The maximum Gasteiger partial charge on any atom is 0.240 e. The molecule has 0 aromatic carbocycles. The van der Waals surface area contributed by atoms with Gasteiger partial charge in [0, 0.05) is 12.6 Å². The van der Waals surface area contributed by atoms with Crippen molar-refractivity contribution in [3.63, 3.8) is 0 Å². The van der Waals surface area contributed by atoms with Gasteiger partial charge in [0.05, 0.1) is 25.3 Å². The summed E-state index contributed by atoms with van der Waals surface area (Å²) in [5.41, 5.74) is 0. The number of ether oxygens (including phenoxy) is 1. The second-order valence-corrected chi connectivity index (χ2v) is 6.40. The maximum atomic E-state index is 12.6. The molecule has 2 aliphatic heterocycles. The van der Waals surface area contributed by atoms with Gasteiger partial charge in [-0.05, 0) is 38.5 Å². The summed E-state index contributed by atoms with van der Waals surface area (Å²) in [5, 5.41) is 3.64. The lowest BCUT2D eigenvalue weighted by Gasteiger charge is -2.43. The second-order valence-electron chi connectivity index (χ2n) is 6.40. The van der Waals surface area contributed by atoms with Crippen molar-refractivity contribution in [3.8, 4) is 0 Å². The van der Waals surface area contributed by atoms with Crippen molar-refractivity contribution in [2.24, 2.45) is 5.92 Å². The first-order valence-electron chi connectivity index (χ1n) is 7.90. The van der Waals surface area contributed by atoms with Crippen molar-refractivity contribution in [2.75, 3.05) is 19.8 Å². The van der Waals surface area contributed by atoms with Gasteiger partial charge in [-0.2, -0.15) is 0 Å². The third kappa shape index (κ3) is 2.79. The van der Waals surface area contributed by atoms with Crippen LogP contribution in [-0.4, -0.2) is 48.7 Å². The van der Waals surface area contributed by atoms with Crippen molar-refractivity contribution in [2.45, 2.75) is 63.6 Å². The smallest absolute Gasteiger partial charge is 0.240 e. The molecule has 0 bridgehead atoms. The molecule has 1 N–H and O–H groups in total. The Hall–Kier alpha value is -0.610. The highest BCUT2D eigenvalue weighted by Gasteiger charge is 2.37. The van der Waals surface area contributed by atoms with Crippen molar-refractivity contribution in [1.82, 2.24) is 10.2 Å². The minimum absolute atomic E-state index is 0.0555. The van der Waals surface area contributed by atoms with E-state index in [-0.39, 0.29) is 12.1 Å². The lowest BCUT2D eigenvalue weighted by Crippen LogP contribution is -2.59. The average molecular weight is 266 g/mol. The van der Waals surface area contributed by atoms with Gasteiger partial charge in [0.25, 0.3) is 0 Å². The first kappa shape index (κ1) is 13.4. The van der Waals surface area contributed by atoms with E-state index in [1.807, 2.05) is 4.90 Å². The SMILES string of the molecule is CC1COCCN1C(=O)C1CCC2CCCCC2N1. The zero-order chi connectivity index (χ0) is 13.2. The first-order valence-corrected chi connectivity index (χ1v) is 7.90. The molecule has 0 spiro atoms. The molecule has 2 saturated heterocycles. The third-order valence-electron chi connectivity index (χ3n) is 5.10. The highest BCUT2D eigenvalue weighted by atomic mass is 16.5. The summed E-state index contributed by atoms with van der Waals surface area (Å²) in [6, 6.07) is 0.875. The van der Waals surface area contributed by atoms with Crippen molar-refractivity contribution in [3.05, 3.63) is 0 Å². The van der Waals surface area contributed by atoms with Gasteiger partial charge in [-0.3, -0.25) is 4.79 Å². The van der Waals surface area contributed by atoms with E-state index in [4.69, 9.17) is 4.74 Å². The summed E-state index contributed by atoms with van der Waals surface area (Å²) in [5.74, 6) is 1.12. The fourth-order valence-corrected chi connectivity index (χ4v) is 3.94. The molecule has 1 amide bonds. The Morgan fingerprint density at radius 1 is 1.21 bits per heavy atom. The van der Waals surface area contributed by atoms with Crippen molar-refractivity contribution < 1.29 is 9.53 Å². The summed E-state index contributed by atoms with van der Waals surface area (Å²) < 4.78 is 5.42. The molecular formula is C15H26N2O2. The average Bonchev–Trinajstić information content (AvgIpc) is 2.46. The zero-order valence-electron chi connectivity index (χ0n) is 11.9. The zero-order valence-corrected chi connectivity index (χ0v) is 11.9. The lowest BCUT2D eigenvalue weighted by atomic mass is 9.77. The molecule has 19 heavy (non-hydrogen) atoms. The molecule has 3 fully saturated rings. The second kappa shape index (κ2) is 5.80. The molecule has 108 valence electrons. The van der Waals surface area contributed by atoms with Crippen LogP contribution in [0.3, 0.4) is 0 Å². The van der Waals surface area contributed by atoms with E-state index in [9.17, 15) is 4.79 Å². The Bertz CT molecular complexity index is 334. The maximum absolute atomic E-state index is 12.6. The summed E-state index contributed by atoms with van der Waals surface area (Å²) >= 11 is 0. The molecule has 0 aromatic heterocycles. The number of fused-ring (bicyclic) bond motifs is 1. The van der Waals surface area contributed by atoms with E-state index < -0.39 is 0 Å². The number of amides is 1. The third-order valence-corrected chi connectivity index (χ3v) is 5.10. The molecule has 4 heteroatoms. The lowest BCUT2D eigenvalue weighted by molar-refractivity contribution is -0.142. The fourth-order valence-electron chi connectivity index (χ4n) is 3.94. The van der Waals surface area contributed by atoms with E-state index >= 15 is 0 Å². The number of nitrogens with zero attached hydrogens (tertiary/aromatic N) is 1. The monoisotopic (exact) mass is 266 g/mol. The van der Waals surface area contributed by atoms with Gasteiger partial charge in [0.1, 0.15) is 0 Å². The number of morpholine rings is 1. The van der Waals surface area contributed by atoms with Gasteiger partial charge in [-0.25, -0.2) is 0 Å². The van der Waals surface area contributed by atoms with Crippen LogP contribution >= 0.6 is 0 Å². The number of nitrogens with one attached hydrogen (secondary N) is 1. The van der Waals surface area contributed by atoms with Gasteiger partial charge in [-0.15, -0.1) is 0 Å². The quantitative estimate of drug-likeness (QED) is 0.783. The van der Waals surface area contributed by atoms with Crippen LogP contribution in [0.4, 0.5) is 0 Å². The van der Waals surface area contributed by atoms with Gasteiger partial charge in [-0.1, -0.05) is 12.8 Å². The molecule has 4 nitrogen and oxygen atoms in total. The normalized spacial score (nSPS) is 39.7. The largest absolute Gasteiger partial charge is 0.377 e. The standard InChI is InChI=1S/C15H26N2O2/c1-11-10-19-9-8-17(11)15(18)14-7-6-12-4-2-3-5-13(12)16-14/h11-14,16H,2-10H2,1H3. The Kier molecular flexibility index (Phi) is 4.08. The number of piperidine rings is 1. The fraction of sp³-hybridized carbons (Fsp3) is 0.933. The van der Waals surface area contributed by atoms with Gasteiger partial charge in [0.2, 0.25) is 5.91 Å². The number of carbonyl (C=O) groups is 1. The Morgan fingerprint density at radius 3 is 2.89 bits per heavy atom. The minimum atomic E-state index is 0.0555. The highest BCUT2D eigenvalue weighted by Crippen LogP contribution is 2.32. The van der Waals surface area contributed by atoms with E-state index in [0.29, 0.717) is 25.2 Å². The van der Waals surface area contributed by atoms with Crippen LogP contribution < -0.4 is 5.32 Å². The van der Waals surface area contributed by atoms with Gasteiger partial charge >= 0.3 is 0 Å². The van der Waals surface area contributed by atoms with Crippen LogP contribution in [0.2, 0.25) is 0 Å². The molecule has 3 rings (SSSR count). The molecule has 3 aliphatic rings. The topological polar surface area (TPSA) is 41.6 Å². The molecule has 4 atom stereocenters.